The van der Waals surface area contributed by atoms with Crippen molar-refractivity contribution in [2.75, 3.05) is 6.73 Å². The Hall–Kier alpha value is -3.41. The molecule has 11 heteroatoms. The molecule has 3 fully saturated rings. The number of carbonyl (C=O) groups excluding carboxylic acids is 2. The molecule has 6 rings (SSSR count). The molecule has 0 radical (unpaired) electrons. The third-order valence-electron chi connectivity index (χ3n) is 11.0. The largest absolute Gasteiger partial charge is 0.447 e. The Kier molecular flexibility index (Phi) is 7.78. The minimum absolute atomic E-state index is 0.00505. The van der Waals surface area contributed by atoms with Gasteiger partial charge in [-0.05, 0) is 111 Å². The van der Waals surface area contributed by atoms with Crippen LogP contribution in [0.4, 0.5) is 10.1 Å². The number of aryl methyl sites for hydroxylation is 1. The molecule has 2 aromatic rings. The van der Waals surface area contributed by atoms with Crippen LogP contribution in [0.5, 0.6) is 0 Å². The van der Waals surface area contributed by atoms with Crippen molar-refractivity contribution in [1.82, 2.24) is 4.98 Å². The number of benzene rings is 1. The van der Waals surface area contributed by atoms with E-state index in [1.54, 1.807) is 30.8 Å². The Morgan fingerprint density at radius 2 is 2.00 bits per heavy atom. The summed E-state index contributed by atoms with van der Waals surface area (Å²) >= 11 is 1.17. The second-order valence-electron chi connectivity index (χ2n) is 13.1. The normalized spacial score (nSPS) is 36.3. The van der Waals surface area contributed by atoms with Crippen molar-refractivity contribution in [3.05, 3.63) is 69.6 Å². The number of halogens is 1. The van der Waals surface area contributed by atoms with Crippen LogP contribution in [0, 0.1) is 41.3 Å². The fraction of sp³-hybridized carbons (Fsp3) is 0.515. The molecule has 7 atom stereocenters. The average molecular weight is 623 g/mol. The predicted octanol–water partition coefficient (Wildman–Crippen LogP) is 5.10. The van der Waals surface area contributed by atoms with Gasteiger partial charge in [0.15, 0.2) is 0 Å². The number of ether oxygens (including phenoxy) is 2. The van der Waals surface area contributed by atoms with E-state index >= 15 is 0 Å². The third-order valence-corrected chi connectivity index (χ3v) is 11.9. The highest BCUT2D eigenvalue weighted by atomic mass is 32.1. The monoisotopic (exact) mass is 622 g/mol. The van der Waals surface area contributed by atoms with E-state index < -0.39 is 34.5 Å². The Bertz CT molecular complexity index is 1570. The van der Waals surface area contributed by atoms with Gasteiger partial charge in [-0.15, -0.1) is 11.3 Å². The van der Waals surface area contributed by atoms with Crippen LogP contribution in [0.25, 0.3) is 0 Å². The number of aliphatic hydroxyl groups excluding tert-OH is 1. The lowest BCUT2D eigenvalue weighted by atomic mass is 9.45. The Labute approximate surface area is 260 Å². The Balaban J connectivity index is 1.36. The lowest BCUT2D eigenvalue weighted by Crippen LogP contribution is -2.63. The number of nitrogens with two attached hydrogens (primary N) is 2. The van der Waals surface area contributed by atoms with E-state index in [1.165, 1.54) is 29.0 Å². The SMILES string of the molecule is Cc1ncsc1C(=O)O[C@]1(C(=O)OCN)CCC2[C@@H]3CCC4=CC(=Nc5ccc(F)cc5)C(=CN)C[C@]4(C)C3C(O)C[C@@]21C. The third kappa shape index (κ3) is 4.62. The topological polar surface area (TPSA) is 150 Å². The maximum absolute atomic E-state index is 13.7. The van der Waals surface area contributed by atoms with Crippen molar-refractivity contribution < 1.29 is 28.6 Å². The number of aliphatic imine (C=N–C) groups is 1. The van der Waals surface area contributed by atoms with Gasteiger partial charge in [-0.3, -0.25) is 5.73 Å². The van der Waals surface area contributed by atoms with E-state index in [-0.39, 0.29) is 43.1 Å². The molecule has 1 aromatic carbocycles. The minimum Gasteiger partial charge on any atom is -0.447 e. The van der Waals surface area contributed by atoms with E-state index in [9.17, 15) is 19.1 Å². The van der Waals surface area contributed by atoms with Gasteiger partial charge in [-0.25, -0.2) is 24.0 Å². The van der Waals surface area contributed by atoms with Gasteiger partial charge < -0.3 is 20.3 Å². The summed E-state index contributed by atoms with van der Waals surface area (Å²) in [6.07, 6.45) is 6.25. The van der Waals surface area contributed by atoms with Crippen molar-refractivity contribution in [2.24, 2.45) is 45.0 Å². The number of nitrogens with zero attached hydrogens (tertiary/aromatic N) is 2. The van der Waals surface area contributed by atoms with Crippen LogP contribution in [0.1, 0.15) is 67.7 Å². The number of aliphatic hydroxyl groups is 1. The molecule has 234 valence electrons. The molecule has 9 nitrogen and oxygen atoms in total. The van der Waals surface area contributed by atoms with Crippen molar-refractivity contribution in [1.29, 1.82) is 0 Å². The first-order valence-electron chi connectivity index (χ1n) is 15.1. The van der Waals surface area contributed by atoms with E-state index in [2.05, 4.69) is 18.0 Å². The van der Waals surface area contributed by atoms with E-state index in [0.717, 1.165) is 24.1 Å². The molecule has 4 aliphatic carbocycles. The van der Waals surface area contributed by atoms with Gasteiger partial charge in [-0.2, -0.15) is 0 Å². The molecule has 3 saturated carbocycles. The molecule has 0 aliphatic heterocycles. The Morgan fingerprint density at radius 1 is 1.25 bits per heavy atom. The number of hydrogen-bond donors (Lipinski definition) is 3. The maximum Gasteiger partial charge on any atom is 0.352 e. The highest BCUT2D eigenvalue weighted by molar-refractivity contribution is 7.11. The fourth-order valence-electron chi connectivity index (χ4n) is 9.02. The van der Waals surface area contributed by atoms with Crippen LogP contribution in [0.3, 0.4) is 0 Å². The van der Waals surface area contributed by atoms with Gasteiger partial charge in [0.2, 0.25) is 5.60 Å². The zero-order chi connectivity index (χ0) is 31.4. The van der Waals surface area contributed by atoms with E-state index in [1.807, 2.05) is 6.92 Å². The second kappa shape index (κ2) is 11.2. The van der Waals surface area contributed by atoms with Crippen LogP contribution in [0.2, 0.25) is 0 Å². The lowest BCUT2D eigenvalue weighted by Gasteiger charge is -2.60. The standard InChI is InChI=1S/C33H39FN4O5S/c1-18-28(44-17-37-18)29(40)43-33(30(41)42-16-36)11-10-24-23-9-4-20-12-25(38-22-7-5-21(34)6-8-22)19(15-35)13-31(20,2)27(23)26(39)14-32(24,33)3/h5-8,12,15,17,23-24,26-27,39H,4,9-11,13-14,16,35-36H2,1-3H3/t23-,24?,26?,27?,31-,32-,33-/m0/s1. The molecule has 0 amide bonds. The zero-order valence-corrected chi connectivity index (χ0v) is 26.0. The number of fused-ring (bicyclic) bond motifs is 5. The van der Waals surface area contributed by atoms with E-state index in [0.29, 0.717) is 29.1 Å². The summed E-state index contributed by atoms with van der Waals surface area (Å²) in [5.41, 5.74) is 14.5. The van der Waals surface area contributed by atoms with Crippen molar-refractivity contribution in [3.8, 4) is 0 Å². The van der Waals surface area contributed by atoms with Crippen molar-refractivity contribution in [2.45, 2.75) is 71.0 Å². The highest BCUT2D eigenvalue weighted by Crippen LogP contribution is 2.68. The first-order valence-corrected chi connectivity index (χ1v) is 16.0. The zero-order valence-electron chi connectivity index (χ0n) is 25.2. The molecular formula is C33H39FN4O5S. The van der Waals surface area contributed by atoms with Gasteiger partial charge in [0.1, 0.15) is 17.4 Å². The summed E-state index contributed by atoms with van der Waals surface area (Å²) < 4.78 is 25.1. The summed E-state index contributed by atoms with van der Waals surface area (Å²) in [5, 5.41) is 12.0. The molecule has 1 heterocycles. The second-order valence-corrected chi connectivity index (χ2v) is 13.9. The summed E-state index contributed by atoms with van der Waals surface area (Å²) in [4.78, 5) is 36.5. The molecule has 3 unspecified atom stereocenters. The summed E-state index contributed by atoms with van der Waals surface area (Å²) in [6, 6.07) is 6.03. The van der Waals surface area contributed by atoms with Gasteiger partial charge in [0.05, 0.1) is 28.7 Å². The average Bonchev–Trinajstić information content (AvgIpc) is 3.54. The van der Waals surface area contributed by atoms with Crippen LogP contribution in [0.15, 0.2) is 58.2 Å². The minimum atomic E-state index is -1.59. The first kappa shape index (κ1) is 30.6. The van der Waals surface area contributed by atoms with Crippen LogP contribution < -0.4 is 11.5 Å². The van der Waals surface area contributed by atoms with Crippen molar-refractivity contribution >= 4 is 34.7 Å². The van der Waals surface area contributed by atoms with Gasteiger partial charge in [0.25, 0.3) is 0 Å². The van der Waals surface area contributed by atoms with Gasteiger partial charge in [0, 0.05) is 5.41 Å². The maximum atomic E-state index is 13.7. The number of rotatable bonds is 5. The molecule has 0 spiro atoms. The number of allylic oxidation sites excluding steroid dienone is 3. The highest BCUT2D eigenvalue weighted by Gasteiger charge is 2.71. The molecule has 4 aliphatic rings. The predicted molar refractivity (Wildman–Crippen MR) is 164 cm³/mol. The first-order chi connectivity index (χ1) is 21.0. The van der Waals surface area contributed by atoms with Gasteiger partial charge >= 0.3 is 11.9 Å². The summed E-state index contributed by atoms with van der Waals surface area (Å²) in [5.74, 6) is -1.65. The Morgan fingerprint density at radius 3 is 2.66 bits per heavy atom. The van der Waals surface area contributed by atoms with E-state index in [4.69, 9.17) is 25.9 Å². The molecule has 5 N–H and O–H groups in total. The van der Waals surface area contributed by atoms with Crippen LogP contribution in [-0.2, 0) is 14.3 Å². The molecule has 0 saturated heterocycles. The molecular weight excluding hydrogens is 583 g/mol. The summed E-state index contributed by atoms with van der Waals surface area (Å²) in [6.45, 7) is 5.54. The summed E-state index contributed by atoms with van der Waals surface area (Å²) in [7, 11) is 0. The quantitative estimate of drug-likeness (QED) is 0.308. The molecule has 44 heavy (non-hydrogen) atoms. The number of aromatic nitrogens is 1. The van der Waals surface area contributed by atoms with Crippen LogP contribution >= 0.6 is 11.3 Å². The number of thiazole rings is 1. The lowest BCUT2D eigenvalue weighted by molar-refractivity contribution is -0.199. The number of esters is 2. The smallest absolute Gasteiger partial charge is 0.352 e. The molecule has 0 bridgehead atoms. The number of hydrogen-bond acceptors (Lipinski definition) is 10. The number of carbonyl (C=O) groups is 2. The van der Waals surface area contributed by atoms with Gasteiger partial charge in [-0.1, -0.05) is 19.4 Å². The van der Waals surface area contributed by atoms with Crippen LogP contribution in [-0.4, -0.2) is 46.2 Å². The van der Waals surface area contributed by atoms with Crippen molar-refractivity contribution in [3.63, 3.8) is 0 Å². The fourth-order valence-corrected chi connectivity index (χ4v) is 9.69. The molecule has 1 aromatic heterocycles.